The second-order valence-electron chi connectivity index (χ2n) is 5.72. The summed E-state index contributed by atoms with van der Waals surface area (Å²) in [6, 6.07) is 21.0. The van der Waals surface area contributed by atoms with Gasteiger partial charge in [-0.25, -0.2) is 0 Å². The van der Waals surface area contributed by atoms with E-state index in [0.717, 1.165) is 16.5 Å². The monoisotopic (exact) mass is 395 g/mol. The minimum absolute atomic E-state index is 0.158. The van der Waals surface area contributed by atoms with Gasteiger partial charge in [-0.05, 0) is 40.1 Å². The number of nitrogens with one attached hydrogen (secondary N) is 1. The number of amides is 1. The van der Waals surface area contributed by atoms with E-state index < -0.39 is 0 Å². The summed E-state index contributed by atoms with van der Waals surface area (Å²) in [6.45, 7) is 0. The molecule has 0 bridgehead atoms. The summed E-state index contributed by atoms with van der Waals surface area (Å²) in [6.07, 6.45) is 0. The summed E-state index contributed by atoms with van der Waals surface area (Å²) in [7, 11) is 0. The molecule has 0 fully saturated rings. The molecule has 3 aromatic carbocycles. The van der Waals surface area contributed by atoms with Gasteiger partial charge in [-0.15, -0.1) is 5.10 Å². The number of carbonyl (C=O) groups is 1. The lowest BCUT2D eigenvalue weighted by Gasteiger charge is -2.08. The Morgan fingerprint density at radius 1 is 1.07 bits per heavy atom. The van der Waals surface area contributed by atoms with Crippen LogP contribution in [-0.4, -0.2) is 31.9 Å². The average Bonchev–Trinajstić information content (AvgIpc) is 3.14. The number of hydrogen-bond donors (Lipinski definition) is 1. The van der Waals surface area contributed by atoms with Gasteiger partial charge in [0, 0.05) is 16.1 Å². The summed E-state index contributed by atoms with van der Waals surface area (Å²) < 4.78 is 1.65. The SMILES string of the molecule is O=C(CSc1nnnn1-c1cccc2ccccc12)Nc1cccc(Cl)c1. The second kappa shape index (κ2) is 7.77. The molecule has 1 N–H and O–H groups in total. The number of fused-ring (bicyclic) bond motifs is 1. The van der Waals surface area contributed by atoms with Crippen molar-refractivity contribution in [2.45, 2.75) is 5.16 Å². The lowest BCUT2D eigenvalue weighted by Crippen LogP contribution is -2.14. The van der Waals surface area contributed by atoms with Crippen LogP contribution >= 0.6 is 23.4 Å². The molecule has 4 rings (SSSR count). The Morgan fingerprint density at radius 3 is 2.78 bits per heavy atom. The van der Waals surface area contributed by atoms with Crippen LogP contribution < -0.4 is 5.32 Å². The van der Waals surface area contributed by atoms with Crippen LogP contribution in [0.5, 0.6) is 0 Å². The molecule has 0 aliphatic carbocycles. The van der Waals surface area contributed by atoms with Gasteiger partial charge in [0.25, 0.3) is 0 Å². The van der Waals surface area contributed by atoms with Crippen molar-refractivity contribution in [2.75, 3.05) is 11.1 Å². The predicted octanol–water partition coefficient (Wildman–Crippen LogP) is 4.20. The molecule has 1 heterocycles. The number of thioether (sulfide) groups is 1. The van der Waals surface area contributed by atoms with E-state index in [0.29, 0.717) is 15.9 Å². The lowest BCUT2D eigenvalue weighted by atomic mass is 10.1. The van der Waals surface area contributed by atoms with Crippen LogP contribution in [0.15, 0.2) is 71.9 Å². The quantitative estimate of drug-likeness (QED) is 0.513. The summed E-state index contributed by atoms with van der Waals surface area (Å²) in [5.74, 6) is 0.0206. The Labute approximate surface area is 164 Å². The molecule has 0 aliphatic heterocycles. The molecular formula is C19H14ClN5OS. The summed E-state index contributed by atoms with van der Waals surface area (Å²) in [5, 5.41) is 18.0. The Balaban J connectivity index is 1.52. The zero-order chi connectivity index (χ0) is 18.6. The molecule has 0 saturated heterocycles. The van der Waals surface area contributed by atoms with Gasteiger partial charge in [0.1, 0.15) is 0 Å². The third kappa shape index (κ3) is 3.94. The third-order valence-electron chi connectivity index (χ3n) is 3.88. The van der Waals surface area contributed by atoms with Crippen molar-refractivity contribution in [3.05, 3.63) is 71.8 Å². The van der Waals surface area contributed by atoms with Gasteiger partial charge >= 0.3 is 0 Å². The van der Waals surface area contributed by atoms with Crippen LogP contribution in [0.25, 0.3) is 16.5 Å². The van der Waals surface area contributed by atoms with Crippen LogP contribution in [0.2, 0.25) is 5.02 Å². The Morgan fingerprint density at radius 2 is 1.89 bits per heavy atom. The van der Waals surface area contributed by atoms with Gasteiger partial charge in [-0.3, -0.25) is 4.79 Å². The van der Waals surface area contributed by atoms with Gasteiger partial charge in [0.05, 0.1) is 11.4 Å². The average molecular weight is 396 g/mol. The molecule has 134 valence electrons. The highest BCUT2D eigenvalue weighted by Gasteiger charge is 2.13. The standard InChI is InChI=1S/C19H14ClN5OS/c20-14-7-4-8-15(11-14)21-18(26)12-27-19-22-23-24-25(19)17-10-3-6-13-5-1-2-9-16(13)17/h1-11H,12H2,(H,21,26). The van der Waals surface area contributed by atoms with E-state index in [2.05, 4.69) is 20.8 Å². The molecule has 0 saturated carbocycles. The van der Waals surface area contributed by atoms with Gasteiger partial charge in [0.2, 0.25) is 11.1 Å². The van der Waals surface area contributed by atoms with Crippen LogP contribution in [-0.2, 0) is 4.79 Å². The van der Waals surface area contributed by atoms with E-state index in [1.165, 1.54) is 11.8 Å². The van der Waals surface area contributed by atoms with Crippen molar-refractivity contribution in [1.29, 1.82) is 0 Å². The van der Waals surface area contributed by atoms with E-state index >= 15 is 0 Å². The summed E-state index contributed by atoms with van der Waals surface area (Å²) in [5.41, 5.74) is 1.53. The van der Waals surface area contributed by atoms with Gasteiger partial charge in [-0.2, -0.15) is 4.68 Å². The van der Waals surface area contributed by atoms with E-state index in [-0.39, 0.29) is 11.7 Å². The number of anilines is 1. The minimum atomic E-state index is -0.158. The predicted molar refractivity (Wildman–Crippen MR) is 107 cm³/mol. The van der Waals surface area contributed by atoms with Crippen LogP contribution in [0.1, 0.15) is 0 Å². The molecule has 1 aromatic heterocycles. The van der Waals surface area contributed by atoms with Crippen LogP contribution in [0.4, 0.5) is 5.69 Å². The number of hydrogen-bond acceptors (Lipinski definition) is 5. The zero-order valence-corrected chi connectivity index (χ0v) is 15.6. The van der Waals surface area contributed by atoms with E-state index in [4.69, 9.17) is 11.6 Å². The maximum atomic E-state index is 12.2. The number of carbonyl (C=O) groups excluding carboxylic acids is 1. The number of rotatable bonds is 5. The fraction of sp³-hybridized carbons (Fsp3) is 0.0526. The molecule has 8 heteroatoms. The highest BCUT2D eigenvalue weighted by Crippen LogP contribution is 2.25. The minimum Gasteiger partial charge on any atom is -0.325 e. The first-order valence-corrected chi connectivity index (χ1v) is 9.52. The fourth-order valence-electron chi connectivity index (χ4n) is 2.71. The van der Waals surface area contributed by atoms with Crippen molar-refractivity contribution in [2.24, 2.45) is 0 Å². The molecular weight excluding hydrogens is 382 g/mol. The zero-order valence-electron chi connectivity index (χ0n) is 14.0. The molecule has 0 atom stereocenters. The topological polar surface area (TPSA) is 72.7 Å². The van der Waals surface area contributed by atoms with Crippen LogP contribution in [0.3, 0.4) is 0 Å². The van der Waals surface area contributed by atoms with Crippen molar-refractivity contribution >= 4 is 45.7 Å². The first-order valence-electron chi connectivity index (χ1n) is 8.15. The van der Waals surface area contributed by atoms with Gasteiger partial charge in [0.15, 0.2) is 0 Å². The Bertz CT molecular complexity index is 1110. The molecule has 0 spiro atoms. The molecule has 0 radical (unpaired) electrons. The molecule has 1 amide bonds. The smallest absolute Gasteiger partial charge is 0.234 e. The van der Waals surface area contributed by atoms with Crippen molar-refractivity contribution in [3.63, 3.8) is 0 Å². The van der Waals surface area contributed by atoms with Crippen LogP contribution in [0, 0.1) is 0 Å². The number of halogens is 1. The van der Waals surface area contributed by atoms with E-state index in [1.54, 1.807) is 28.9 Å². The molecule has 6 nitrogen and oxygen atoms in total. The summed E-state index contributed by atoms with van der Waals surface area (Å²) >= 11 is 7.21. The Hall–Kier alpha value is -2.90. The van der Waals surface area contributed by atoms with E-state index in [1.807, 2.05) is 42.5 Å². The lowest BCUT2D eigenvalue weighted by molar-refractivity contribution is -0.113. The largest absolute Gasteiger partial charge is 0.325 e. The molecule has 0 unspecified atom stereocenters. The number of benzene rings is 3. The van der Waals surface area contributed by atoms with Crippen molar-refractivity contribution in [3.8, 4) is 5.69 Å². The van der Waals surface area contributed by atoms with Crippen molar-refractivity contribution in [1.82, 2.24) is 20.2 Å². The number of aromatic nitrogens is 4. The van der Waals surface area contributed by atoms with Crippen molar-refractivity contribution < 1.29 is 4.79 Å². The molecule has 0 aliphatic rings. The maximum Gasteiger partial charge on any atom is 0.234 e. The third-order valence-corrected chi connectivity index (χ3v) is 5.03. The second-order valence-corrected chi connectivity index (χ2v) is 7.10. The molecule has 27 heavy (non-hydrogen) atoms. The summed E-state index contributed by atoms with van der Waals surface area (Å²) in [4.78, 5) is 12.2. The number of nitrogens with zero attached hydrogens (tertiary/aromatic N) is 4. The highest BCUT2D eigenvalue weighted by molar-refractivity contribution is 7.99. The van der Waals surface area contributed by atoms with E-state index in [9.17, 15) is 4.79 Å². The van der Waals surface area contributed by atoms with Gasteiger partial charge in [-0.1, -0.05) is 65.8 Å². The molecule has 4 aromatic rings. The highest BCUT2D eigenvalue weighted by atomic mass is 35.5. The van der Waals surface area contributed by atoms with Gasteiger partial charge < -0.3 is 5.32 Å². The fourth-order valence-corrected chi connectivity index (χ4v) is 3.58. The maximum absolute atomic E-state index is 12.2. The number of tetrazole rings is 1. The first kappa shape index (κ1) is 17.5. The normalized spacial score (nSPS) is 10.9. The first-order chi connectivity index (χ1) is 13.2. The Kier molecular flexibility index (Phi) is 5.04.